The van der Waals surface area contributed by atoms with Gasteiger partial charge in [-0.05, 0) is 38.4 Å². The normalized spacial score (nSPS) is 18.4. The lowest BCUT2D eigenvalue weighted by molar-refractivity contribution is -0.120. The molecule has 2 aliphatic heterocycles. The van der Waals surface area contributed by atoms with Gasteiger partial charge < -0.3 is 20.1 Å². The zero-order valence-corrected chi connectivity index (χ0v) is 17.3. The van der Waals surface area contributed by atoms with Gasteiger partial charge in [0.05, 0.1) is 29.5 Å². The van der Waals surface area contributed by atoms with Gasteiger partial charge in [0.25, 0.3) is 0 Å². The van der Waals surface area contributed by atoms with E-state index in [2.05, 4.69) is 10.4 Å². The third-order valence-electron chi connectivity index (χ3n) is 5.28. The van der Waals surface area contributed by atoms with Crippen LogP contribution >= 0.6 is 0 Å². The largest absolute Gasteiger partial charge is 0.488 e. The first-order valence-electron chi connectivity index (χ1n) is 9.97. The maximum atomic E-state index is 12.8. The molecule has 30 heavy (non-hydrogen) atoms. The number of carbonyl (C=O) groups is 2. The molecule has 2 aliphatic rings. The molecule has 2 amide bonds. The Morgan fingerprint density at radius 2 is 1.97 bits per heavy atom. The van der Waals surface area contributed by atoms with E-state index in [4.69, 9.17) is 4.74 Å². The second-order valence-electron chi connectivity index (χ2n) is 8.60. The summed E-state index contributed by atoms with van der Waals surface area (Å²) in [6, 6.07) is 6.41. The Balaban J connectivity index is 1.74. The molecule has 3 N–H and O–H groups in total. The summed E-state index contributed by atoms with van der Waals surface area (Å²) in [7, 11) is -1.54. The zero-order valence-electron chi connectivity index (χ0n) is 17.3. The molecule has 0 saturated carbocycles. The lowest BCUT2D eigenvalue weighted by Gasteiger charge is -2.36. The van der Waals surface area contributed by atoms with Crippen LogP contribution in [0.25, 0.3) is 5.69 Å². The highest BCUT2D eigenvalue weighted by molar-refractivity contribution is 6.58. The molecule has 2 aromatic rings. The summed E-state index contributed by atoms with van der Waals surface area (Å²) in [6.45, 7) is 6.23. The average Bonchev–Trinajstić information content (AvgIpc) is 2.94. The molecule has 1 aromatic carbocycles. The second-order valence-corrected chi connectivity index (χ2v) is 8.60. The van der Waals surface area contributed by atoms with Gasteiger partial charge in [-0.3, -0.25) is 9.69 Å². The van der Waals surface area contributed by atoms with E-state index in [1.165, 1.54) is 0 Å². The quantitative estimate of drug-likeness (QED) is 0.601. The Morgan fingerprint density at radius 1 is 1.27 bits per heavy atom. The Bertz CT molecular complexity index is 980. The molecule has 1 atom stereocenters. The molecule has 4 rings (SSSR count). The molecule has 0 aliphatic carbocycles. The highest BCUT2D eigenvalue weighted by Crippen LogP contribution is 2.36. The number of aromatic nitrogens is 2. The predicted molar refractivity (Wildman–Crippen MR) is 109 cm³/mol. The fourth-order valence-corrected chi connectivity index (χ4v) is 3.99. The topological polar surface area (TPSA) is 117 Å². The van der Waals surface area contributed by atoms with Crippen molar-refractivity contribution in [3.05, 3.63) is 41.2 Å². The van der Waals surface area contributed by atoms with Gasteiger partial charge in [-0.15, -0.1) is 0 Å². The number of ether oxygens (including phenoxy) is 1. The number of benzene rings is 1. The van der Waals surface area contributed by atoms with E-state index in [1.54, 1.807) is 33.8 Å². The lowest BCUT2D eigenvalue weighted by atomic mass is 9.80. The van der Waals surface area contributed by atoms with Gasteiger partial charge in [0.15, 0.2) is 0 Å². The van der Waals surface area contributed by atoms with Gasteiger partial charge in [-0.2, -0.15) is 5.10 Å². The van der Waals surface area contributed by atoms with Gasteiger partial charge in [-0.1, -0.05) is 12.1 Å². The monoisotopic (exact) mass is 412 g/mol. The van der Waals surface area contributed by atoms with Crippen LogP contribution in [0.1, 0.15) is 43.8 Å². The first-order valence-corrected chi connectivity index (χ1v) is 9.97. The number of nitrogens with one attached hydrogen (secondary N) is 1. The van der Waals surface area contributed by atoms with Gasteiger partial charge in [0, 0.05) is 25.1 Å². The van der Waals surface area contributed by atoms with Gasteiger partial charge in [0.1, 0.15) is 5.60 Å². The summed E-state index contributed by atoms with van der Waals surface area (Å²) < 4.78 is 7.37. The molecular formula is C20H25BN4O5. The van der Waals surface area contributed by atoms with Crippen LogP contribution in [0.4, 0.5) is 4.79 Å². The minimum Gasteiger partial charge on any atom is -0.444 e. The van der Waals surface area contributed by atoms with Crippen LogP contribution in [-0.4, -0.2) is 62.5 Å². The number of hydrogen-bond donors (Lipinski definition) is 3. The minimum absolute atomic E-state index is 0.139. The van der Waals surface area contributed by atoms with Crippen LogP contribution in [0.2, 0.25) is 0 Å². The van der Waals surface area contributed by atoms with E-state index in [0.717, 1.165) is 16.9 Å². The van der Waals surface area contributed by atoms with E-state index in [1.807, 2.05) is 20.8 Å². The number of rotatable bonds is 2. The van der Waals surface area contributed by atoms with Crippen LogP contribution in [0.15, 0.2) is 24.3 Å². The molecule has 0 saturated heterocycles. The molecule has 0 bridgehead atoms. The molecule has 158 valence electrons. The van der Waals surface area contributed by atoms with E-state index in [9.17, 15) is 19.6 Å². The number of nitrogens with zero attached hydrogens (tertiary/aromatic N) is 3. The number of hydrogen-bond acceptors (Lipinski definition) is 6. The van der Waals surface area contributed by atoms with Crippen LogP contribution in [0, 0.1) is 0 Å². The summed E-state index contributed by atoms with van der Waals surface area (Å²) in [5.74, 6) is -0.139. The highest BCUT2D eigenvalue weighted by atomic mass is 16.6. The van der Waals surface area contributed by atoms with E-state index in [0.29, 0.717) is 30.7 Å². The van der Waals surface area contributed by atoms with Crippen LogP contribution in [-0.2, 0) is 22.4 Å². The van der Waals surface area contributed by atoms with E-state index >= 15 is 0 Å². The van der Waals surface area contributed by atoms with Crippen LogP contribution in [0.5, 0.6) is 0 Å². The standard InChI is InChI=1S/C20H25BN4O5/c1-20(2,3)30-19(27)24-9-8-15-18-14(10-17(26)22-11-16(18)24)23-25(15)13-6-4-12(5-7-13)21(28)29/h4-7,16,28-29H,8-11H2,1-3H3,(H,22,26). The predicted octanol–water partition coefficient (Wildman–Crippen LogP) is 0.0587. The third-order valence-corrected chi connectivity index (χ3v) is 5.28. The fraction of sp³-hybridized carbons (Fsp3) is 0.450. The van der Waals surface area contributed by atoms with Crippen molar-refractivity contribution in [1.82, 2.24) is 20.0 Å². The van der Waals surface area contributed by atoms with Crippen LogP contribution in [0.3, 0.4) is 0 Å². The molecular weight excluding hydrogens is 387 g/mol. The first-order chi connectivity index (χ1) is 14.1. The fourth-order valence-electron chi connectivity index (χ4n) is 3.99. The summed E-state index contributed by atoms with van der Waals surface area (Å²) in [5.41, 5.74) is 3.00. The van der Waals surface area contributed by atoms with Crippen molar-refractivity contribution in [1.29, 1.82) is 0 Å². The third kappa shape index (κ3) is 3.80. The van der Waals surface area contributed by atoms with Gasteiger partial charge in [-0.25, -0.2) is 9.48 Å². The summed E-state index contributed by atoms with van der Waals surface area (Å²) in [6.07, 6.45) is 0.298. The molecule has 0 spiro atoms. The number of amides is 2. The summed E-state index contributed by atoms with van der Waals surface area (Å²) in [4.78, 5) is 26.7. The van der Waals surface area contributed by atoms with E-state index in [-0.39, 0.29) is 18.4 Å². The zero-order chi connectivity index (χ0) is 21.6. The Labute approximate surface area is 174 Å². The smallest absolute Gasteiger partial charge is 0.444 e. The maximum Gasteiger partial charge on any atom is 0.488 e. The summed E-state index contributed by atoms with van der Waals surface area (Å²) >= 11 is 0. The SMILES string of the molecule is CC(C)(C)OC(=O)N1CCc2c3c(nn2-c2ccc(B(O)O)cc2)CC(=O)NCC31. The van der Waals surface area contributed by atoms with Crippen molar-refractivity contribution >= 4 is 24.6 Å². The van der Waals surface area contributed by atoms with Gasteiger partial charge in [0.2, 0.25) is 5.91 Å². The van der Waals surface area contributed by atoms with Crippen molar-refractivity contribution < 1.29 is 24.4 Å². The van der Waals surface area contributed by atoms with Crippen molar-refractivity contribution in [2.24, 2.45) is 0 Å². The van der Waals surface area contributed by atoms with Crippen molar-refractivity contribution in [3.63, 3.8) is 0 Å². The molecule has 3 heterocycles. The average molecular weight is 412 g/mol. The van der Waals surface area contributed by atoms with Gasteiger partial charge >= 0.3 is 13.2 Å². The van der Waals surface area contributed by atoms with Crippen molar-refractivity contribution in [3.8, 4) is 5.69 Å². The highest BCUT2D eigenvalue weighted by Gasteiger charge is 2.40. The first kappa shape index (κ1) is 20.4. The summed E-state index contributed by atoms with van der Waals surface area (Å²) in [5, 5.41) is 26.2. The van der Waals surface area contributed by atoms with Crippen molar-refractivity contribution in [2.45, 2.75) is 45.3 Å². The molecule has 9 nitrogen and oxygen atoms in total. The van der Waals surface area contributed by atoms with E-state index < -0.39 is 18.8 Å². The lowest BCUT2D eigenvalue weighted by Crippen LogP contribution is -2.46. The molecule has 0 fully saturated rings. The van der Waals surface area contributed by atoms with Crippen molar-refractivity contribution in [2.75, 3.05) is 13.1 Å². The maximum absolute atomic E-state index is 12.8. The molecule has 1 aromatic heterocycles. The Kier molecular flexibility index (Phi) is 5.07. The second kappa shape index (κ2) is 7.44. The molecule has 10 heteroatoms. The van der Waals surface area contributed by atoms with Crippen LogP contribution < -0.4 is 10.8 Å². The molecule has 0 radical (unpaired) electrons. The Hall–Kier alpha value is -2.85. The number of carbonyl (C=O) groups excluding carboxylic acids is 2. The minimum atomic E-state index is -1.54. The Morgan fingerprint density at radius 3 is 2.60 bits per heavy atom. The molecule has 1 unspecified atom stereocenters.